The van der Waals surface area contributed by atoms with Gasteiger partial charge in [-0.1, -0.05) is 60.7 Å². The number of phosphoric ester groups is 1. The second-order valence-electron chi connectivity index (χ2n) is 11.5. The third-order valence-electron chi connectivity index (χ3n) is 8.11. The Kier molecular flexibility index (Phi) is 9.31. The van der Waals surface area contributed by atoms with E-state index in [1.807, 2.05) is 30.3 Å². The first-order valence-electron chi connectivity index (χ1n) is 15.1. The topological polar surface area (TPSA) is 161 Å². The molecule has 0 bridgehead atoms. The van der Waals surface area contributed by atoms with Crippen molar-refractivity contribution in [3.8, 4) is 17.2 Å². The number of benzene rings is 3. The Morgan fingerprint density at radius 1 is 1.04 bits per heavy atom. The van der Waals surface area contributed by atoms with Gasteiger partial charge in [0, 0.05) is 31.6 Å². The lowest BCUT2D eigenvalue weighted by Gasteiger charge is -2.55. The van der Waals surface area contributed by atoms with E-state index in [1.54, 1.807) is 0 Å². The van der Waals surface area contributed by atoms with Crippen molar-refractivity contribution >= 4 is 25.7 Å². The Morgan fingerprint density at radius 3 is 2.47 bits per heavy atom. The number of nitrogens with one attached hydrogen (secondary N) is 1. The molecule has 3 aromatic carbocycles. The number of ether oxygens (including phenoxy) is 2. The van der Waals surface area contributed by atoms with Gasteiger partial charge in [-0.15, -0.1) is 15.4 Å². The van der Waals surface area contributed by atoms with Gasteiger partial charge < -0.3 is 29.1 Å². The third-order valence-corrected chi connectivity index (χ3v) is 8.56. The number of nitrogens with zero attached hydrogens (tertiary/aromatic N) is 4. The number of alkyl halides is 2. The number of fused-ring (bicyclic) bond motifs is 2. The number of carbonyl (C=O) groups excluding carboxylic acids is 3. The Hall–Kier alpha value is -5.02. The lowest BCUT2D eigenvalue weighted by Crippen LogP contribution is -2.76. The molecule has 0 aromatic heterocycles. The predicted octanol–water partition coefficient (Wildman–Crippen LogP) is 3.22. The highest BCUT2D eigenvalue weighted by molar-refractivity contribution is 7.46. The number of urea groups is 1. The van der Waals surface area contributed by atoms with Crippen LogP contribution in [0.1, 0.15) is 16.7 Å². The number of phosphoric acid groups is 1. The van der Waals surface area contributed by atoms with E-state index < -0.39 is 44.2 Å². The van der Waals surface area contributed by atoms with Gasteiger partial charge in [0.05, 0.1) is 13.1 Å². The molecule has 0 unspecified atom stereocenters. The quantitative estimate of drug-likeness (QED) is 0.212. The Bertz CT molecular complexity index is 1790. The minimum absolute atomic E-state index is 0.0563. The highest BCUT2D eigenvalue weighted by Crippen LogP contribution is 2.44. The van der Waals surface area contributed by atoms with Crippen LogP contribution >= 0.6 is 7.82 Å². The molecular formula is C32H32F2N5O9P. The van der Waals surface area contributed by atoms with E-state index in [2.05, 4.69) is 21.2 Å². The first-order chi connectivity index (χ1) is 23.3. The van der Waals surface area contributed by atoms with E-state index in [9.17, 15) is 27.7 Å². The van der Waals surface area contributed by atoms with Crippen molar-refractivity contribution in [3.05, 3.63) is 102 Å². The minimum atomic E-state index is -4.82. The van der Waals surface area contributed by atoms with Crippen LogP contribution in [0, 0.1) is 0 Å². The first-order valence-corrected chi connectivity index (χ1v) is 16.6. The monoisotopic (exact) mass is 699 g/mol. The number of carbonyl (C=O) groups is 3. The average Bonchev–Trinajstić information content (AvgIpc) is 3.37. The van der Waals surface area contributed by atoms with Gasteiger partial charge in [-0.2, -0.15) is 0 Å². The van der Waals surface area contributed by atoms with Crippen molar-refractivity contribution in [1.82, 2.24) is 25.1 Å². The van der Waals surface area contributed by atoms with Crippen LogP contribution in [-0.4, -0.2) is 85.6 Å². The summed E-state index contributed by atoms with van der Waals surface area (Å²) in [6, 6.07) is 17.4. The average molecular weight is 700 g/mol. The van der Waals surface area contributed by atoms with Crippen LogP contribution in [0.25, 0.3) is 0 Å². The summed E-state index contributed by atoms with van der Waals surface area (Å²) < 4.78 is 53.3. The van der Waals surface area contributed by atoms with Gasteiger partial charge in [0.25, 0.3) is 0 Å². The van der Waals surface area contributed by atoms with Gasteiger partial charge in [0.2, 0.25) is 11.8 Å². The van der Waals surface area contributed by atoms with Crippen molar-refractivity contribution in [2.45, 2.75) is 38.0 Å². The van der Waals surface area contributed by atoms with Gasteiger partial charge in [-0.25, -0.2) is 19.4 Å². The molecule has 3 heterocycles. The highest BCUT2D eigenvalue weighted by Gasteiger charge is 2.52. The summed E-state index contributed by atoms with van der Waals surface area (Å²) in [4.78, 5) is 63.0. The summed E-state index contributed by atoms with van der Waals surface area (Å²) >= 11 is 0. The van der Waals surface area contributed by atoms with E-state index >= 15 is 0 Å². The minimum Gasteiger partial charge on any atom is -0.404 e. The molecule has 49 heavy (non-hydrogen) atoms. The van der Waals surface area contributed by atoms with Gasteiger partial charge in [0.1, 0.15) is 18.0 Å². The second-order valence-corrected chi connectivity index (χ2v) is 12.6. The predicted molar refractivity (Wildman–Crippen MR) is 168 cm³/mol. The first kappa shape index (κ1) is 33.9. The van der Waals surface area contributed by atoms with Gasteiger partial charge in [-0.05, 0) is 29.3 Å². The van der Waals surface area contributed by atoms with Crippen molar-refractivity contribution < 1.29 is 51.5 Å². The molecule has 0 aliphatic carbocycles. The smallest absolute Gasteiger partial charge is 0.404 e. The third kappa shape index (κ3) is 7.52. The standard InChI is InChI=1S/C32H32F2N5O9P/c1-2-15-37-20-28(40)38-25(16-21-11-13-24(14-12-21)48-49(43,44)45)30(41)36(18-23-9-6-10-26-29(23)47-32(33,34)46-26)19-27(38)39(37)31(42)35-17-22-7-4-3-5-8-22/h2-14,25,27H,1,15-20H2,(H,35,42)(H2,43,44,45)/t25-,27-/m0/s1. The van der Waals surface area contributed by atoms with E-state index in [-0.39, 0.29) is 62.0 Å². The number of halogens is 2. The van der Waals surface area contributed by atoms with Crippen molar-refractivity contribution in [2.75, 3.05) is 19.6 Å². The van der Waals surface area contributed by atoms with Crippen LogP contribution in [0.4, 0.5) is 13.6 Å². The Balaban J connectivity index is 1.35. The summed E-state index contributed by atoms with van der Waals surface area (Å²) in [6.07, 6.45) is -3.43. The number of amides is 4. The largest absolute Gasteiger partial charge is 0.586 e. The summed E-state index contributed by atoms with van der Waals surface area (Å²) in [6.45, 7) is 3.43. The molecule has 3 aliphatic heterocycles. The fourth-order valence-electron chi connectivity index (χ4n) is 6.10. The van der Waals surface area contributed by atoms with Crippen LogP contribution in [0.15, 0.2) is 85.5 Å². The van der Waals surface area contributed by atoms with Crippen LogP contribution in [0.2, 0.25) is 0 Å². The fourth-order valence-corrected chi connectivity index (χ4v) is 6.50. The van der Waals surface area contributed by atoms with Crippen LogP contribution < -0.4 is 19.3 Å². The van der Waals surface area contributed by atoms with Gasteiger partial charge >= 0.3 is 20.1 Å². The van der Waals surface area contributed by atoms with Crippen LogP contribution in [-0.2, 0) is 33.7 Å². The van der Waals surface area contributed by atoms with Crippen LogP contribution in [0.3, 0.4) is 0 Å². The summed E-state index contributed by atoms with van der Waals surface area (Å²) in [5, 5.41) is 5.78. The number of para-hydroxylation sites is 1. The molecule has 14 nitrogen and oxygen atoms in total. The van der Waals surface area contributed by atoms with E-state index in [4.69, 9.17) is 14.5 Å². The van der Waals surface area contributed by atoms with E-state index in [1.165, 1.54) is 68.4 Å². The molecule has 258 valence electrons. The molecule has 3 N–H and O–H groups in total. The molecule has 2 fully saturated rings. The van der Waals surface area contributed by atoms with Crippen molar-refractivity contribution in [2.24, 2.45) is 0 Å². The van der Waals surface area contributed by atoms with Crippen molar-refractivity contribution in [1.29, 1.82) is 0 Å². The normalized spacial score (nSPS) is 20.2. The summed E-state index contributed by atoms with van der Waals surface area (Å²) in [7, 11) is -4.82. The van der Waals surface area contributed by atoms with Gasteiger partial charge in [-0.3, -0.25) is 19.4 Å². The zero-order valence-corrected chi connectivity index (χ0v) is 26.7. The zero-order valence-electron chi connectivity index (χ0n) is 25.9. The van der Waals surface area contributed by atoms with E-state index in [0.717, 1.165) is 5.56 Å². The lowest BCUT2D eigenvalue weighted by molar-refractivity contribution is -0.287. The number of hydrogen-bond donors (Lipinski definition) is 3. The molecule has 2 saturated heterocycles. The van der Waals surface area contributed by atoms with Gasteiger partial charge in [0.15, 0.2) is 11.5 Å². The zero-order chi connectivity index (χ0) is 34.9. The molecule has 3 aliphatic rings. The number of piperazine rings is 1. The second kappa shape index (κ2) is 13.5. The van der Waals surface area contributed by atoms with Crippen molar-refractivity contribution in [3.63, 3.8) is 0 Å². The fraction of sp³-hybridized carbons (Fsp3) is 0.281. The molecular weight excluding hydrogens is 667 g/mol. The number of rotatable bonds is 10. The lowest BCUT2D eigenvalue weighted by atomic mass is 9.98. The molecule has 0 radical (unpaired) electrons. The number of hydrogen-bond acceptors (Lipinski definition) is 8. The van der Waals surface area contributed by atoms with Crippen LogP contribution in [0.5, 0.6) is 17.2 Å². The maximum Gasteiger partial charge on any atom is 0.586 e. The van der Waals surface area contributed by atoms with E-state index in [0.29, 0.717) is 5.56 Å². The molecule has 3 aromatic rings. The maximum atomic E-state index is 14.2. The SMILES string of the molecule is C=CCN1CC(=O)N2[C@@H](Cc3ccc(OP(=O)(O)O)cc3)C(=O)N(Cc3cccc4c3OC(F)(F)O4)C[C@@H]2N1C(=O)NCc1ccccc1. The molecule has 0 spiro atoms. The molecule has 17 heteroatoms. The Labute approximate surface area is 279 Å². The maximum absolute atomic E-state index is 14.2. The molecule has 4 amide bonds. The summed E-state index contributed by atoms with van der Waals surface area (Å²) in [5.74, 6) is -1.50. The Morgan fingerprint density at radius 2 is 1.78 bits per heavy atom. The number of hydrazine groups is 1. The summed E-state index contributed by atoms with van der Waals surface area (Å²) in [5.41, 5.74) is 1.56. The highest BCUT2D eigenvalue weighted by atomic mass is 31.2. The molecule has 2 atom stereocenters. The molecule has 6 rings (SSSR count). The molecule has 0 saturated carbocycles.